The second-order valence-corrected chi connectivity index (χ2v) is 8.08. The number of hydrogen-bond acceptors (Lipinski definition) is 5. The average molecular weight is 527 g/mol. The molecule has 0 aromatic carbocycles. The molecular formula is C20H42IN5O3. The number of halogens is 1. The van der Waals surface area contributed by atoms with Gasteiger partial charge in [0.2, 0.25) is 0 Å². The number of amides is 1. The van der Waals surface area contributed by atoms with Crippen LogP contribution in [0.15, 0.2) is 4.99 Å². The van der Waals surface area contributed by atoms with E-state index < -0.39 is 5.60 Å². The van der Waals surface area contributed by atoms with Gasteiger partial charge in [-0.2, -0.15) is 0 Å². The topological polar surface area (TPSA) is 87.2 Å². The Labute approximate surface area is 194 Å². The summed E-state index contributed by atoms with van der Waals surface area (Å²) in [6.45, 7) is 16.3. The van der Waals surface area contributed by atoms with Crippen LogP contribution in [0.1, 0.15) is 53.9 Å². The molecule has 1 rings (SSSR count). The van der Waals surface area contributed by atoms with Crippen LogP contribution in [0.4, 0.5) is 4.79 Å². The normalized spacial score (nSPS) is 16.5. The Morgan fingerprint density at radius 3 is 2.48 bits per heavy atom. The number of aliphatic imine (C=N–C) groups is 1. The molecule has 0 aliphatic carbocycles. The molecule has 0 radical (unpaired) electrons. The van der Waals surface area contributed by atoms with Gasteiger partial charge in [0.25, 0.3) is 0 Å². The third-order valence-corrected chi connectivity index (χ3v) is 4.27. The van der Waals surface area contributed by atoms with E-state index in [1.807, 2.05) is 20.8 Å². The molecule has 0 aromatic rings. The molecule has 0 spiro atoms. The van der Waals surface area contributed by atoms with E-state index in [2.05, 4.69) is 34.7 Å². The lowest BCUT2D eigenvalue weighted by molar-refractivity contribution is 0.0394. The molecule has 0 saturated carbocycles. The van der Waals surface area contributed by atoms with Gasteiger partial charge >= 0.3 is 6.09 Å². The average Bonchev–Trinajstić information content (AvgIpc) is 2.63. The standard InChI is InChI=1S/C20H41N5O3.HI/c1-6-8-9-17(16-23-19(26)28-20(3,4)5)24-18(21-7-2)22-10-11-25-12-14-27-15-13-25;/h17H,6-16H2,1-5H3,(H,23,26)(H2,21,22,24);1H. The fraction of sp³-hybridized carbons (Fsp3) is 0.900. The molecule has 1 heterocycles. The highest BCUT2D eigenvalue weighted by molar-refractivity contribution is 14.0. The number of ether oxygens (including phenoxy) is 2. The maximum atomic E-state index is 12.0. The minimum Gasteiger partial charge on any atom is -0.444 e. The van der Waals surface area contributed by atoms with Crippen molar-refractivity contribution in [3.63, 3.8) is 0 Å². The smallest absolute Gasteiger partial charge is 0.407 e. The van der Waals surface area contributed by atoms with Gasteiger partial charge in [0, 0.05) is 38.8 Å². The predicted octanol–water partition coefficient (Wildman–Crippen LogP) is 2.58. The van der Waals surface area contributed by atoms with Crippen LogP contribution in [0, 0.1) is 0 Å². The van der Waals surface area contributed by atoms with Gasteiger partial charge in [-0.05, 0) is 34.1 Å². The first-order valence-electron chi connectivity index (χ1n) is 10.7. The SMILES string of the molecule is CCCCC(CNC(=O)OC(C)(C)C)NC(=NCCN1CCOCC1)NCC.I. The first kappa shape index (κ1) is 28.2. The molecule has 1 saturated heterocycles. The van der Waals surface area contributed by atoms with E-state index in [1.54, 1.807) is 0 Å². The van der Waals surface area contributed by atoms with Gasteiger partial charge < -0.3 is 25.4 Å². The van der Waals surface area contributed by atoms with Crippen LogP contribution >= 0.6 is 24.0 Å². The summed E-state index contributed by atoms with van der Waals surface area (Å²) in [4.78, 5) is 19.1. The molecule has 1 unspecified atom stereocenters. The molecule has 0 bridgehead atoms. The van der Waals surface area contributed by atoms with E-state index in [-0.39, 0.29) is 36.1 Å². The monoisotopic (exact) mass is 527 g/mol. The fourth-order valence-corrected chi connectivity index (χ4v) is 2.84. The van der Waals surface area contributed by atoms with Gasteiger partial charge in [0.1, 0.15) is 5.60 Å². The van der Waals surface area contributed by atoms with Crippen LogP contribution in [0.25, 0.3) is 0 Å². The molecule has 1 aliphatic rings. The lowest BCUT2D eigenvalue weighted by Crippen LogP contribution is -2.49. The van der Waals surface area contributed by atoms with Crippen molar-refractivity contribution < 1.29 is 14.3 Å². The number of nitrogens with zero attached hydrogens (tertiary/aromatic N) is 2. The van der Waals surface area contributed by atoms with Gasteiger partial charge in [-0.15, -0.1) is 24.0 Å². The number of hydrogen-bond donors (Lipinski definition) is 3. The lowest BCUT2D eigenvalue weighted by Gasteiger charge is -2.26. The van der Waals surface area contributed by atoms with Crippen molar-refractivity contribution in [3.8, 4) is 0 Å². The number of rotatable bonds is 10. The van der Waals surface area contributed by atoms with Gasteiger partial charge in [-0.1, -0.05) is 19.8 Å². The van der Waals surface area contributed by atoms with E-state index in [9.17, 15) is 4.79 Å². The maximum Gasteiger partial charge on any atom is 0.407 e. The van der Waals surface area contributed by atoms with E-state index in [0.717, 1.165) is 71.2 Å². The Morgan fingerprint density at radius 2 is 1.90 bits per heavy atom. The minimum absolute atomic E-state index is 0. The second kappa shape index (κ2) is 16.0. The van der Waals surface area contributed by atoms with E-state index in [0.29, 0.717) is 6.54 Å². The number of nitrogens with one attached hydrogen (secondary N) is 3. The zero-order chi connectivity index (χ0) is 20.8. The Morgan fingerprint density at radius 1 is 1.21 bits per heavy atom. The van der Waals surface area contributed by atoms with Crippen LogP contribution in [0.2, 0.25) is 0 Å². The summed E-state index contributed by atoms with van der Waals surface area (Å²) in [5.74, 6) is 0.794. The van der Waals surface area contributed by atoms with E-state index in [1.165, 1.54) is 0 Å². The molecule has 8 nitrogen and oxygen atoms in total. The third-order valence-electron chi connectivity index (χ3n) is 4.27. The summed E-state index contributed by atoms with van der Waals surface area (Å²) in [7, 11) is 0. The highest BCUT2D eigenvalue weighted by atomic mass is 127. The van der Waals surface area contributed by atoms with Crippen molar-refractivity contribution in [1.29, 1.82) is 0 Å². The van der Waals surface area contributed by atoms with Gasteiger partial charge in [-0.25, -0.2) is 4.79 Å². The van der Waals surface area contributed by atoms with Crippen LogP contribution in [-0.2, 0) is 9.47 Å². The van der Waals surface area contributed by atoms with Crippen molar-refractivity contribution >= 4 is 36.0 Å². The molecular weight excluding hydrogens is 485 g/mol. The molecule has 1 fully saturated rings. The van der Waals surface area contributed by atoms with Crippen molar-refractivity contribution in [1.82, 2.24) is 20.9 Å². The number of carbonyl (C=O) groups is 1. The van der Waals surface area contributed by atoms with Gasteiger partial charge in [-0.3, -0.25) is 9.89 Å². The number of alkyl carbamates (subject to hydrolysis) is 1. The van der Waals surface area contributed by atoms with Crippen molar-refractivity contribution in [2.75, 3.05) is 52.5 Å². The maximum absolute atomic E-state index is 12.0. The number of carbonyl (C=O) groups excluding carboxylic acids is 1. The Kier molecular flexibility index (Phi) is 15.5. The Balaban J connectivity index is 0.00000784. The first-order chi connectivity index (χ1) is 13.3. The zero-order valence-corrected chi connectivity index (χ0v) is 21.2. The summed E-state index contributed by atoms with van der Waals surface area (Å²) in [6.07, 6.45) is 2.76. The third kappa shape index (κ3) is 14.8. The van der Waals surface area contributed by atoms with Crippen LogP contribution in [-0.4, -0.2) is 81.1 Å². The largest absolute Gasteiger partial charge is 0.444 e. The Bertz CT molecular complexity index is 466. The fourth-order valence-electron chi connectivity index (χ4n) is 2.84. The summed E-state index contributed by atoms with van der Waals surface area (Å²) < 4.78 is 10.7. The zero-order valence-electron chi connectivity index (χ0n) is 18.9. The highest BCUT2D eigenvalue weighted by Gasteiger charge is 2.18. The molecule has 1 aliphatic heterocycles. The second-order valence-electron chi connectivity index (χ2n) is 8.08. The number of guanidine groups is 1. The molecule has 29 heavy (non-hydrogen) atoms. The van der Waals surface area contributed by atoms with Gasteiger partial charge in [0.05, 0.1) is 19.8 Å². The summed E-state index contributed by atoms with van der Waals surface area (Å²) in [6, 6.07) is 0.105. The summed E-state index contributed by atoms with van der Waals surface area (Å²) >= 11 is 0. The lowest BCUT2D eigenvalue weighted by atomic mass is 10.1. The predicted molar refractivity (Wildman–Crippen MR) is 129 cm³/mol. The van der Waals surface area contributed by atoms with Crippen LogP contribution in [0.5, 0.6) is 0 Å². The quantitative estimate of drug-likeness (QED) is 0.230. The minimum atomic E-state index is -0.494. The molecule has 1 amide bonds. The number of unbranched alkanes of at least 4 members (excludes halogenated alkanes) is 1. The van der Waals surface area contributed by atoms with Crippen molar-refractivity contribution in [2.24, 2.45) is 4.99 Å². The molecule has 9 heteroatoms. The highest BCUT2D eigenvalue weighted by Crippen LogP contribution is 2.07. The summed E-state index contributed by atoms with van der Waals surface area (Å²) in [5.41, 5.74) is -0.494. The van der Waals surface area contributed by atoms with Crippen molar-refractivity contribution in [2.45, 2.75) is 65.5 Å². The van der Waals surface area contributed by atoms with E-state index >= 15 is 0 Å². The summed E-state index contributed by atoms with van der Waals surface area (Å²) in [5, 5.41) is 9.65. The van der Waals surface area contributed by atoms with Crippen molar-refractivity contribution in [3.05, 3.63) is 0 Å². The van der Waals surface area contributed by atoms with E-state index in [4.69, 9.17) is 14.5 Å². The number of morpholine rings is 1. The molecule has 1 atom stereocenters. The van der Waals surface area contributed by atoms with Crippen LogP contribution < -0.4 is 16.0 Å². The molecule has 0 aromatic heterocycles. The van der Waals surface area contributed by atoms with Gasteiger partial charge in [0.15, 0.2) is 5.96 Å². The Hall–Kier alpha value is -0.810. The van der Waals surface area contributed by atoms with Crippen LogP contribution in [0.3, 0.4) is 0 Å². The first-order valence-corrected chi connectivity index (χ1v) is 10.7. The molecule has 172 valence electrons. The molecule has 3 N–H and O–H groups in total.